The Morgan fingerprint density at radius 3 is 2.63 bits per heavy atom. The quantitative estimate of drug-likeness (QED) is 0.389. The van der Waals surface area contributed by atoms with Crippen molar-refractivity contribution in [1.82, 2.24) is 14.8 Å². The number of methoxy groups -OCH3 is 1. The second-order valence-electron chi connectivity index (χ2n) is 8.03. The summed E-state index contributed by atoms with van der Waals surface area (Å²) < 4.78 is 20.4. The Morgan fingerprint density at radius 1 is 1.11 bits per heavy atom. The number of halogens is 1. The highest BCUT2D eigenvalue weighted by Crippen LogP contribution is 2.38. The summed E-state index contributed by atoms with van der Waals surface area (Å²) in [5.41, 5.74) is 2.77. The fourth-order valence-corrected chi connectivity index (χ4v) is 4.11. The minimum Gasteiger partial charge on any atom is -0.508 e. The van der Waals surface area contributed by atoms with Gasteiger partial charge < -0.3 is 20.5 Å². The number of phenols is 1. The number of carbonyl (C=O) groups is 1. The van der Waals surface area contributed by atoms with E-state index >= 15 is 0 Å². The summed E-state index contributed by atoms with van der Waals surface area (Å²) in [7, 11) is 1.53. The molecule has 1 aliphatic rings. The highest BCUT2D eigenvalue weighted by atomic mass is 19.1. The topological polar surface area (TPSA) is 101 Å². The molecule has 9 heteroatoms. The number of hydrogen-bond acceptors (Lipinski definition) is 6. The number of benzene rings is 3. The molecule has 0 fully saturated rings. The number of allylic oxidation sites excluding steroid dienone is 1. The van der Waals surface area contributed by atoms with Gasteiger partial charge in [0.1, 0.15) is 23.4 Å². The first-order chi connectivity index (χ1) is 16.9. The first kappa shape index (κ1) is 22.1. The lowest BCUT2D eigenvalue weighted by Gasteiger charge is -2.29. The molecule has 2 heterocycles. The summed E-state index contributed by atoms with van der Waals surface area (Å²) in [6.07, 6.45) is 0. The van der Waals surface area contributed by atoms with Gasteiger partial charge in [0.05, 0.1) is 18.4 Å². The molecule has 8 nitrogen and oxygen atoms in total. The van der Waals surface area contributed by atoms with Crippen molar-refractivity contribution in [3.63, 3.8) is 0 Å². The number of aromatic nitrogens is 3. The van der Waals surface area contributed by atoms with Crippen LogP contribution in [0.15, 0.2) is 84.1 Å². The molecule has 5 rings (SSSR count). The average molecular weight is 471 g/mol. The van der Waals surface area contributed by atoms with Gasteiger partial charge in [0.25, 0.3) is 5.91 Å². The van der Waals surface area contributed by atoms with E-state index in [1.54, 1.807) is 60.1 Å². The van der Waals surface area contributed by atoms with Crippen LogP contribution in [0.25, 0.3) is 11.4 Å². The fraction of sp³-hybridized carbons (Fsp3) is 0.115. The molecule has 0 radical (unpaired) electrons. The number of hydrogen-bond donors (Lipinski definition) is 3. The van der Waals surface area contributed by atoms with Crippen LogP contribution in [0.4, 0.5) is 16.0 Å². The number of anilines is 2. The van der Waals surface area contributed by atoms with Gasteiger partial charge in [-0.2, -0.15) is 4.98 Å². The van der Waals surface area contributed by atoms with Crippen LogP contribution in [0.1, 0.15) is 18.5 Å². The molecule has 1 aliphatic heterocycles. The van der Waals surface area contributed by atoms with E-state index in [1.165, 1.54) is 19.2 Å². The Balaban J connectivity index is 1.60. The molecular formula is C26H22FN5O3. The van der Waals surface area contributed by atoms with E-state index in [9.17, 15) is 14.3 Å². The van der Waals surface area contributed by atoms with Gasteiger partial charge >= 0.3 is 0 Å². The van der Waals surface area contributed by atoms with E-state index in [2.05, 4.69) is 20.7 Å². The van der Waals surface area contributed by atoms with Crippen molar-refractivity contribution < 1.29 is 19.0 Å². The molecule has 1 amide bonds. The molecule has 35 heavy (non-hydrogen) atoms. The number of nitrogens with zero attached hydrogens (tertiary/aromatic N) is 3. The van der Waals surface area contributed by atoms with Gasteiger partial charge in [0.2, 0.25) is 5.95 Å². The zero-order chi connectivity index (χ0) is 24.5. The van der Waals surface area contributed by atoms with Gasteiger partial charge in [0, 0.05) is 11.3 Å². The van der Waals surface area contributed by atoms with Crippen LogP contribution in [0.3, 0.4) is 0 Å². The second-order valence-corrected chi connectivity index (χ2v) is 8.03. The standard InChI is InChI=1S/C26H22FN5O3/c1-15-22(25(34)29-20-8-3-4-9-21(20)35-2)23(17-6-5-7-19(33)14-17)32-26(28-15)30-24(31-32)16-10-12-18(27)13-11-16/h3-14,23,33H,1-2H3,(H,29,34)(H,28,30,31). The van der Waals surface area contributed by atoms with Gasteiger partial charge in [-0.15, -0.1) is 5.10 Å². The molecule has 1 atom stereocenters. The Bertz CT molecular complexity index is 1450. The first-order valence-electron chi connectivity index (χ1n) is 10.9. The molecule has 3 aromatic carbocycles. The predicted molar refractivity (Wildman–Crippen MR) is 130 cm³/mol. The summed E-state index contributed by atoms with van der Waals surface area (Å²) in [6.45, 7) is 1.78. The Hall–Kier alpha value is -4.66. The van der Waals surface area contributed by atoms with E-state index in [-0.39, 0.29) is 17.5 Å². The number of aromatic hydroxyl groups is 1. The van der Waals surface area contributed by atoms with Crippen molar-refractivity contribution in [2.75, 3.05) is 17.7 Å². The first-order valence-corrected chi connectivity index (χ1v) is 10.9. The van der Waals surface area contributed by atoms with E-state index in [0.29, 0.717) is 45.6 Å². The molecule has 3 N–H and O–H groups in total. The minimum absolute atomic E-state index is 0.0589. The molecule has 0 saturated carbocycles. The number of phenolic OH excluding ortho intramolecular Hbond substituents is 1. The van der Waals surface area contributed by atoms with E-state index in [4.69, 9.17) is 4.74 Å². The second kappa shape index (κ2) is 8.94. The van der Waals surface area contributed by atoms with Crippen molar-refractivity contribution >= 4 is 17.5 Å². The number of para-hydroxylation sites is 2. The van der Waals surface area contributed by atoms with Gasteiger partial charge in [-0.05, 0) is 61.0 Å². The summed E-state index contributed by atoms with van der Waals surface area (Å²) in [5.74, 6) is 0.653. The van der Waals surface area contributed by atoms with Crippen molar-refractivity contribution in [2.24, 2.45) is 0 Å². The predicted octanol–water partition coefficient (Wildman–Crippen LogP) is 4.73. The molecule has 1 unspecified atom stereocenters. The number of ether oxygens (including phenoxy) is 1. The van der Waals surface area contributed by atoms with Gasteiger partial charge in [0.15, 0.2) is 5.82 Å². The third-order valence-corrected chi connectivity index (χ3v) is 5.74. The highest BCUT2D eigenvalue weighted by molar-refractivity contribution is 6.06. The normalized spacial score (nSPS) is 14.8. The van der Waals surface area contributed by atoms with Crippen LogP contribution in [-0.4, -0.2) is 32.9 Å². The maximum absolute atomic E-state index is 13.6. The zero-order valence-electron chi connectivity index (χ0n) is 19.0. The largest absolute Gasteiger partial charge is 0.508 e. The van der Waals surface area contributed by atoms with Crippen LogP contribution >= 0.6 is 0 Å². The number of rotatable bonds is 5. The molecule has 0 saturated heterocycles. The monoisotopic (exact) mass is 471 g/mol. The number of amides is 1. The van der Waals surface area contributed by atoms with Gasteiger partial charge in [-0.1, -0.05) is 24.3 Å². The fourth-order valence-electron chi connectivity index (χ4n) is 4.11. The summed E-state index contributed by atoms with van der Waals surface area (Å²) in [6, 6.07) is 19.0. The smallest absolute Gasteiger partial charge is 0.255 e. The van der Waals surface area contributed by atoms with E-state index in [0.717, 1.165) is 0 Å². The third-order valence-electron chi connectivity index (χ3n) is 5.74. The molecule has 0 aliphatic carbocycles. The molecule has 4 aromatic rings. The Morgan fingerprint density at radius 2 is 1.89 bits per heavy atom. The van der Waals surface area contributed by atoms with Crippen LogP contribution in [0.5, 0.6) is 11.5 Å². The van der Waals surface area contributed by atoms with E-state index in [1.807, 2.05) is 12.1 Å². The minimum atomic E-state index is -0.685. The molecular weight excluding hydrogens is 449 g/mol. The third kappa shape index (κ3) is 4.19. The number of fused-ring (bicyclic) bond motifs is 1. The molecule has 1 aromatic heterocycles. The lowest BCUT2D eigenvalue weighted by Crippen LogP contribution is -2.31. The lowest BCUT2D eigenvalue weighted by atomic mass is 9.95. The average Bonchev–Trinajstić information content (AvgIpc) is 3.27. The Kier molecular flexibility index (Phi) is 5.66. The summed E-state index contributed by atoms with van der Waals surface area (Å²) >= 11 is 0. The molecule has 0 spiro atoms. The van der Waals surface area contributed by atoms with E-state index < -0.39 is 6.04 Å². The number of carbonyl (C=O) groups excluding carboxylic acids is 1. The van der Waals surface area contributed by atoms with Crippen LogP contribution < -0.4 is 15.4 Å². The highest BCUT2D eigenvalue weighted by Gasteiger charge is 2.35. The molecule has 176 valence electrons. The van der Waals surface area contributed by atoms with Crippen LogP contribution in [0, 0.1) is 5.82 Å². The maximum atomic E-state index is 13.6. The maximum Gasteiger partial charge on any atom is 0.255 e. The zero-order valence-corrected chi connectivity index (χ0v) is 19.0. The lowest BCUT2D eigenvalue weighted by molar-refractivity contribution is -0.113. The van der Waals surface area contributed by atoms with Gasteiger partial charge in [-0.25, -0.2) is 9.07 Å². The van der Waals surface area contributed by atoms with Crippen molar-refractivity contribution in [3.8, 4) is 22.9 Å². The van der Waals surface area contributed by atoms with Crippen molar-refractivity contribution in [2.45, 2.75) is 13.0 Å². The van der Waals surface area contributed by atoms with Gasteiger partial charge in [-0.3, -0.25) is 4.79 Å². The van der Waals surface area contributed by atoms with Crippen LogP contribution in [0.2, 0.25) is 0 Å². The SMILES string of the molecule is COc1ccccc1NC(=O)C1=C(C)Nc2nc(-c3ccc(F)cc3)nn2C1c1cccc(O)c1. The summed E-state index contributed by atoms with van der Waals surface area (Å²) in [4.78, 5) is 18.2. The van der Waals surface area contributed by atoms with Crippen molar-refractivity contribution in [3.05, 3.63) is 95.4 Å². The number of nitrogens with one attached hydrogen (secondary N) is 2. The Labute approximate surface area is 200 Å². The molecule has 0 bridgehead atoms. The van der Waals surface area contributed by atoms with Crippen molar-refractivity contribution in [1.29, 1.82) is 0 Å². The van der Waals surface area contributed by atoms with Crippen LogP contribution in [-0.2, 0) is 4.79 Å². The summed E-state index contributed by atoms with van der Waals surface area (Å²) in [5, 5.41) is 20.9.